The maximum atomic E-state index is 4.89. The lowest BCUT2D eigenvalue weighted by Crippen LogP contribution is -2.05. The Morgan fingerprint density at radius 1 is 0.784 bits per heavy atom. The van der Waals surface area contributed by atoms with Gasteiger partial charge in [-0.15, -0.1) is 10.2 Å². The van der Waals surface area contributed by atoms with Crippen molar-refractivity contribution in [2.75, 3.05) is 0 Å². The van der Waals surface area contributed by atoms with Crippen LogP contribution in [0.5, 0.6) is 0 Å². The van der Waals surface area contributed by atoms with E-state index in [4.69, 9.17) is 9.97 Å². The molecule has 1 N–H and O–H groups in total. The molecule has 0 unspecified atom stereocenters. The highest BCUT2D eigenvalue weighted by Crippen LogP contribution is 2.34. The summed E-state index contributed by atoms with van der Waals surface area (Å²) in [6.07, 6.45) is 0.854. The van der Waals surface area contributed by atoms with Gasteiger partial charge in [-0.25, -0.2) is 9.97 Å². The molecule has 0 radical (unpaired) electrons. The molecule has 0 fully saturated rings. The molecular formula is C30H27N7. The maximum absolute atomic E-state index is 4.89. The fourth-order valence-electron chi connectivity index (χ4n) is 4.92. The Morgan fingerprint density at radius 3 is 2.30 bits per heavy atom. The topological polar surface area (TPSA) is 85.2 Å². The van der Waals surface area contributed by atoms with Crippen molar-refractivity contribution in [2.24, 2.45) is 0 Å². The van der Waals surface area contributed by atoms with Crippen LogP contribution in [0, 0.1) is 13.8 Å². The van der Waals surface area contributed by atoms with E-state index in [1.807, 2.05) is 13.0 Å². The van der Waals surface area contributed by atoms with Crippen LogP contribution in [0.1, 0.15) is 29.6 Å². The van der Waals surface area contributed by atoms with Gasteiger partial charge in [0.25, 0.3) is 0 Å². The van der Waals surface area contributed by atoms with Crippen molar-refractivity contribution in [3.8, 4) is 33.6 Å². The highest BCUT2D eigenvalue weighted by molar-refractivity contribution is 5.85. The third-order valence-electron chi connectivity index (χ3n) is 6.74. The highest BCUT2D eigenvalue weighted by atomic mass is 15.5. The van der Waals surface area contributed by atoms with Gasteiger partial charge in [-0.05, 0) is 70.6 Å². The quantitative estimate of drug-likeness (QED) is 0.305. The molecule has 0 aliphatic heterocycles. The Bertz CT molecular complexity index is 1680. The highest BCUT2D eigenvalue weighted by Gasteiger charge is 2.16. The first-order valence-electron chi connectivity index (χ1n) is 12.5. The number of aromatic amines is 1. The Morgan fingerprint density at radius 2 is 1.57 bits per heavy atom. The van der Waals surface area contributed by atoms with Gasteiger partial charge < -0.3 is 4.57 Å². The molecule has 0 atom stereocenters. The number of H-pyrrole nitrogens is 1. The molecule has 7 nitrogen and oxygen atoms in total. The number of hydrogen-bond donors (Lipinski definition) is 1. The third kappa shape index (κ3) is 4.29. The lowest BCUT2D eigenvalue weighted by Gasteiger charge is -2.12. The molecule has 0 spiro atoms. The van der Waals surface area contributed by atoms with Crippen LogP contribution < -0.4 is 0 Å². The maximum Gasteiger partial charge on any atom is 0.205 e. The first kappa shape index (κ1) is 22.8. The summed E-state index contributed by atoms with van der Waals surface area (Å²) in [4.78, 5) is 9.71. The van der Waals surface area contributed by atoms with E-state index in [2.05, 4.69) is 112 Å². The van der Waals surface area contributed by atoms with E-state index in [-0.39, 0.29) is 0 Å². The monoisotopic (exact) mass is 485 g/mol. The average Bonchev–Trinajstić information content (AvgIpc) is 3.58. The minimum atomic E-state index is 0.577. The number of aryl methyl sites for hydroxylation is 3. The van der Waals surface area contributed by atoms with Gasteiger partial charge in [0.1, 0.15) is 11.3 Å². The van der Waals surface area contributed by atoms with Crippen LogP contribution >= 0.6 is 0 Å². The summed E-state index contributed by atoms with van der Waals surface area (Å²) in [5, 5.41) is 14.8. The summed E-state index contributed by atoms with van der Waals surface area (Å²) in [6, 6.07) is 27.5. The van der Waals surface area contributed by atoms with Crippen molar-refractivity contribution in [1.82, 2.24) is 35.2 Å². The Balaban J connectivity index is 1.39. The zero-order chi connectivity index (χ0) is 25.4. The first-order valence-corrected chi connectivity index (χ1v) is 12.5. The summed E-state index contributed by atoms with van der Waals surface area (Å²) < 4.78 is 2.24. The number of nitrogens with one attached hydrogen (secondary N) is 1. The minimum Gasteiger partial charge on any atom is -0.308 e. The average molecular weight is 486 g/mol. The fraction of sp³-hybridized carbons (Fsp3) is 0.167. The second kappa shape index (κ2) is 9.43. The molecule has 0 aliphatic rings. The summed E-state index contributed by atoms with van der Waals surface area (Å²) in [6.45, 7) is 7.00. The van der Waals surface area contributed by atoms with Crippen molar-refractivity contribution in [3.63, 3.8) is 0 Å². The number of benzene rings is 3. The Labute approximate surface area is 215 Å². The van der Waals surface area contributed by atoms with Crippen LogP contribution in [0.25, 0.3) is 44.8 Å². The summed E-state index contributed by atoms with van der Waals surface area (Å²) in [7, 11) is 0. The summed E-state index contributed by atoms with van der Waals surface area (Å²) >= 11 is 0. The summed E-state index contributed by atoms with van der Waals surface area (Å²) in [5.74, 6) is 1.63. The van der Waals surface area contributed by atoms with Crippen LogP contribution in [-0.2, 0) is 13.0 Å². The molecule has 182 valence electrons. The molecule has 6 rings (SSSR count). The number of aromatic nitrogens is 7. The van der Waals surface area contributed by atoms with E-state index < -0.39 is 0 Å². The van der Waals surface area contributed by atoms with Gasteiger partial charge in [0.05, 0.1) is 6.54 Å². The third-order valence-corrected chi connectivity index (χ3v) is 6.74. The van der Waals surface area contributed by atoms with E-state index in [9.17, 15) is 0 Å². The van der Waals surface area contributed by atoms with Crippen molar-refractivity contribution >= 4 is 11.2 Å². The normalized spacial score (nSPS) is 11.3. The lowest BCUT2D eigenvalue weighted by atomic mass is 9.93. The zero-order valence-electron chi connectivity index (χ0n) is 21.1. The SMILES string of the molecule is CCc1nc2c(C)cc(C)nc2n1Cc1ccc(-c2cc(-c3ccccc3)ccc2-c2nn[nH]n2)cc1. The van der Waals surface area contributed by atoms with E-state index >= 15 is 0 Å². The second-order valence-corrected chi connectivity index (χ2v) is 9.28. The molecule has 0 aliphatic carbocycles. The van der Waals surface area contributed by atoms with E-state index in [0.717, 1.165) is 63.5 Å². The molecule has 3 heterocycles. The zero-order valence-corrected chi connectivity index (χ0v) is 21.1. The molecule has 6 aromatic rings. The molecule has 7 heteroatoms. The van der Waals surface area contributed by atoms with Crippen LogP contribution in [0.15, 0.2) is 78.9 Å². The fourth-order valence-corrected chi connectivity index (χ4v) is 4.92. The number of nitrogens with zero attached hydrogens (tertiary/aromatic N) is 6. The van der Waals surface area contributed by atoms with E-state index in [1.165, 1.54) is 11.1 Å². The molecule has 0 amide bonds. The number of tetrazole rings is 1. The first-order chi connectivity index (χ1) is 18.1. The van der Waals surface area contributed by atoms with Gasteiger partial charge in [0.15, 0.2) is 5.65 Å². The number of hydrogen-bond acceptors (Lipinski definition) is 5. The minimum absolute atomic E-state index is 0.577. The number of rotatable bonds is 6. The molecule has 3 aromatic heterocycles. The van der Waals surface area contributed by atoms with Gasteiger partial charge in [-0.3, -0.25) is 0 Å². The molecular weight excluding hydrogens is 458 g/mol. The molecule has 37 heavy (non-hydrogen) atoms. The van der Waals surface area contributed by atoms with Crippen LogP contribution in [0.4, 0.5) is 0 Å². The van der Waals surface area contributed by atoms with Gasteiger partial charge in [-0.1, -0.05) is 67.6 Å². The van der Waals surface area contributed by atoms with Crippen molar-refractivity contribution in [2.45, 2.75) is 33.7 Å². The number of pyridine rings is 1. The van der Waals surface area contributed by atoms with Crippen molar-refractivity contribution < 1.29 is 0 Å². The molecule has 0 bridgehead atoms. The van der Waals surface area contributed by atoms with Gasteiger partial charge in [-0.2, -0.15) is 5.21 Å². The molecule has 0 saturated carbocycles. The number of imidazole rings is 1. The summed E-state index contributed by atoms with van der Waals surface area (Å²) in [5.41, 5.74) is 10.7. The van der Waals surface area contributed by atoms with Crippen LogP contribution in [-0.4, -0.2) is 35.2 Å². The molecule has 0 saturated heterocycles. The Hall–Kier alpha value is -4.65. The van der Waals surface area contributed by atoms with E-state index in [0.29, 0.717) is 5.82 Å². The molecule has 3 aromatic carbocycles. The van der Waals surface area contributed by atoms with Crippen molar-refractivity contribution in [3.05, 3.63) is 102 Å². The standard InChI is InChI=1S/C30H27N7/c1-4-27-32-28-19(2)16-20(3)31-30(28)37(27)18-21-10-12-23(13-11-21)26-17-24(22-8-6-5-7-9-22)14-15-25(26)29-33-35-36-34-29/h5-17H,4,18H2,1-3H3,(H,33,34,35,36). The van der Waals surface area contributed by atoms with Gasteiger partial charge in [0.2, 0.25) is 5.82 Å². The number of fused-ring (bicyclic) bond motifs is 1. The van der Waals surface area contributed by atoms with Crippen molar-refractivity contribution in [1.29, 1.82) is 0 Å². The van der Waals surface area contributed by atoms with Gasteiger partial charge in [0, 0.05) is 17.7 Å². The smallest absolute Gasteiger partial charge is 0.205 e. The van der Waals surface area contributed by atoms with E-state index in [1.54, 1.807) is 0 Å². The lowest BCUT2D eigenvalue weighted by molar-refractivity contribution is 0.745. The largest absolute Gasteiger partial charge is 0.308 e. The van der Waals surface area contributed by atoms with Crippen LogP contribution in [0.3, 0.4) is 0 Å². The predicted octanol–water partition coefficient (Wildman–Crippen LogP) is 6.17. The Kier molecular flexibility index (Phi) is 5.81. The van der Waals surface area contributed by atoms with Crippen LogP contribution in [0.2, 0.25) is 0 Å². The van der Waals surface area contributed by atoms with Gasteiger partial charge >= 0.3 is 0 Å². The predicted molar refractivity (Wildman–Crippen MR) is 146 cm³/mol. The second-order valence-electron chi connectivity index (χ2n) is 9.28.